The molecule has 3 aromatic rings. The molecule has 2 heterocycles. The minimum absolute atomic E-state index is 0.0568. The first-order valence-corrected chi connectivity index (χ1v) is 8.16. The smallest absolute Gasteiger partial charge is 0.230 e. The molecular weight excluding hydrogens is 298 g/mol. The number of fused-ring (bicyclic) bond motifs is 1. The van der Waals surface area contributed by atoms with Gasteiger partial charge in [-0.2, -0.15) is 0 Å². The van der Waals surface area contributed by atoms with Crippen molar-refractivity contribution in [2.75, 3.05) is 5.32 Å². The summed E-state index contributed by atoms with van der Waals surface area (Å²) in [6.45, 7) is 8.55. The maximum atomic E-state index is 12.2. The lowest BCUT2D eigenvalue weighted by molar-refractivity contribution is -0.115. The molecule has 0 atom stereocenters. The Labute approximate surface area is 142 Å². The van der Waals surface area contributed by atoms with Gasteiger partial charge in [-0.15, -0.1) is 0 Å². The van der Waals surface area contributed by atoms with Crippen LogP contribution in [-0.2, 0) is 16.6 Å². The van der Waals surface area contributed by atoms with Gasteiger partial charge in [0.25, 0.3) is 0 Å². The Morgan fingerprint density at radius 2 is 1.88 bits per heavy atom. The van der Waals surface area contributed by atoms with Gasteiger partial charge in [0.15, 0.2) is 0 Å². The SMILES string of the molecule is Cc1ccn2cc(CC(=O)Nc3ccc(C(C)(C)C)cc3)nc2c1. The number of benzene rings is 1. The number of pyridine rings is 1. The van der Waals surface area contributed by atoms with Crippen molar-refractivity contribution in [1.82, 2.24) is 9.38 Å². The number of imidazole rings is 1. The first-order chi connectivity index (χ1) is 11.3. The maximum Gasteiger partial charge on any atom is 0.230 e. The molecule has 0 unspecified atom stereocenters. The third-order valence-corrected chi connectivity index (χ3v) is 4.04. The minimum Gasteiger partial charge on any atom is -0.326 e. The van der Waals surface area contributed by atoms with Crippen molar-refractivity contribution in [2.45, 2.75) is 39.5 Å². The van der Waals surface area contributed by atoms with Crippen molar-refractivity contribution in [3.8, 4) is 0 Å². The summed E-state index contributed by atoms with van der Waals surface area (Å²) in [5.41, 5.74) is 4.96. The average Bonchev–Trinajstić information content (AvgIpc) is 2.87. The highest BCUT2D eigenvalue weighted by Crippen LogP contribution is 2.23. The largest absolute Gasteiger partial charge is 0.326 e. The fraction of sp³-hybridized carbons (Fsp3) is 0.300. The molecule has 1 N–H and O–H groups in total. The molecule has 4 heteroatoms. The standard InChI is InChI=1S/C20H23N3O/c1-14-9-10-23-13-17(21-18(23)11-14)12-19(24)22-16-7-5-15(6-8-16)20(2,3)4/h5-11,13H,12H2,1-4H3,(H,22,24). The molecule has 0 aliphatic carbocycles. The molecule has 3 rings (SSSR count). The first-order valence-electron chi connectivity index (χ1n) is 8.16. The normalized spacial score (nSPS) is 11.7. The van der Waals surface area contributed by atoms with Gasteiger partial charge >= 0.3 is 0 Å². The summed E-state index contributed by atoms with van der Waals surface area (Å²) in [6.07, 6.45) is 4.13. The zero-order valence-corrected chi connectivity index (χ0v) is 14.6. The number of carbonyl (C=O) groups excluding carboxylic acids is 1. The van der Waals surface area contributed by atoms with Crippen LogP contribution in [0.2, 0.25) is 0 Å². The van der Waals surface area contributed by atoms with Crippen LogP contribution in [0, 0.1) is 6.92 Å². The van der Waals surface area contributed by atoms with Crippen LogP contribution in [0.4, 0.5) is 5.69 Å². The van der Waals surface area contributed by atoms with E-state index in [1.807, 2.05) is 48.0 Å². The van der Waals surface area contributed by atoms with E-state index >= 15 is 0 Å². The minimum atomic E-state index is -0.0568. The van der Waals surface area contributed by atoms with E-state index in [0.29, 0.717) is 0 Å². The fourth-order valence-corrected chi connectivity index (χ4v) is 2.64. The Morgan fingerprint density at radius 3 is 2.54 bits per heavy atom. The lowest BCUT2D eigenvalue weighted by Crippen LogP contribution is -2.15. The highest BCUT2D eigenvalue weighted by molar-refractivity contribution is 5.92. The number of nitrogens with one attached hydrogen (secondary N) is 1. The molecule has 1 aromatic carbocycles. The molecule has 24 heavy (non-hydrogen) atoms. The molecular formula is C20H23N3O. The van der Waals surface area contributed by atoms with Crippen molar-refractivity contribution in [3.63, 3.8) is 0 Å². The second kappa shape index (κ2) is 6.11. The summed E-state index contributed by atoms with van der Waals surface area (Å²) < 4.78 is 1.94. The Morgan fingerprint density at radius 1 is 1.17 bits per heavy atom. The molecule has 1 amide bonds. The monoisotopic (exact) mass is 321 g/mol. The maximum absolute atomic E-state index is 12.2. The zero-order valence-electron chi connectivity index (χ0n) is 14.6. The highest BCUT2D eigenvalue weighted by Gasteiger charge is 2.13. The Balaban J connectivity index is 1.68. The molecule has 0 aliphatic rings. The Bertz CT molecular complexity index is 870. The van der Waals surface area contributed by atoms with E-state index in [1.54, 1.807) is 0 Å². The average molecular weight is 321 g/mol. The number of rotatable bonds is 3. The van der Waals surface area contributed by atoms with Gasteiger partial charge in [0.2, 0.25) is 5.91 Å². The van der Waals surface area contributed by atoms with Crippen molar-refractivity contribution in [3.05, 3.63) is 65.6 Å². The molecule has 124 valence electrons. The number of aromatic nitrogens is 2. The summed E-state index contributed by atoms with van der Waals surface area (Å²) in [5, 5.41) is 2.94. The van der Waals surface area contributed by atoms with Gasteiger partial charge in [-0.3, -0.25) is 4.79 Å². The summed E-state index contributed by atoms with van der Waals surface area (Å²) in [6, 6.07) is 12.0. The van der Waals surface area contributed by atoms with E-state index < -0.39 is 0 Å². The molecule has 0 saturated carbocycles. The molecule has 0 fully saturated rings. The predicted octanol–water partition coefficient (Wildman–Crippen LogP) is 4.12. The number of hydrogen-bond donors (Lipinski definition) is 1. The number of anilines is 1. The first kappa shape index (κ1) is 16.2. The number of amides is 1. The summed E-state index contributed by atoms with van der Waals surface area (Å²) in [4.78, 5) is 16.8. The van der Waals surface area contributed by atoms with Crippen molar-refractivity contribution >= 4 is 17.2 Å². The molecule has 0 aliphatic heterocycles. The summed E-state index contributed by atoms with van der Waals surface area (Å²) in [5.74, 6) is -0.0568. The third-order valence-electron chi connectivity index (χ3n) is 4.04. The molecule has 0 radical (unpaired) electrons. The van der Waals surface area contributed by atoms with Crippen LogP contribution in [-0.4, -0.2) is 15.3 Å². The summed E-state index contributed by atoms with van der Waals surface area (Å²) >= 11 is 0. The topological polar surface area (TPSA) is 46.4 Å². The van der Waals surface area contributed by atoms with Crippen LogP contribution in [0.5, 0.6) is 0 Å². The second-order valence-corrected chi connectivity index (χ2v) is 7.25. The van der Waals surface area contributed by atoms with Crippen LogP contribution in [0.1, 0.15) is 37.6 Å². The third kappa shape index (κ3) is 3.65. The van der Waals surface area contributed by atoms with Gasteiger partial charge in [-0.1, -0.05) is 32.9 Å². The lowest BCUT2D eigenvalue weighted by atomic mass is 9.87. The van der Waals surface area contributed by atoms with E-state index in [0.717, 1.165) is 22.6 Å². The van der Waals surface area contributed by atoms with Gasteiger partial charge in [-0.25, -0.2) is 4.98 Å². The van der Waals surface area contributed by atoms with Crippen LogP contribution >= 0.6 is 0 Å². The van der Waals surface area contributed by atoms with Crippen LogP contribution in [0.15, 0.2) is 48.8 Å². The number of hydrogen-bond acceptors (Lipinski definition) is 2. The Kier molecular flexibility index (Phi) is 4.14. The van der Waals surface area contributed by atoms with Gasteiger partial charge in [-0.05, 0) is 47.7 Å². The van der Waals surface area contributed by atoms with Gasteiger partial charge in [0.1, 0.15) is 5.65 Å². The van der Waals surface area contributed by atoms with Crippen LogP contribution < -0.4 is 5.32 Å². The molecule has 2 aromatic heterocycles. The fourth-order valence-electron chi connectivity index (χ4n) is 2.64. The van der Waals surface area contributed by atoms with E-state index in [-0.39, 0.29) is 17.7 Å². The van der Waals surface area contributed by atoms with Gasteiger partial charge in [0.05, 0.1) is 12.1 Å². The van der Waals surface area contributed by atoms with E-state index in [1.165, 1.54) is 5.56 Å². The zero-order chi connectivity index (χ0) is 17.3. The van der Waals surface area contributed by atoms with Gasteiger partial charge < -0.3 is 9.72 Å². The molecule has 4 nitrogen and oxygen atoms in total. The van der Waals surface area contributed by atoms with Crippen LogP contribution in [0.3, 0.4) is 0 Å². The van der Waals surface area contributed by atoms with Crippen LogP contribution in [0.25, 0.3) is 5.65 Å². The predicted molar refractivity (Wildman–Crippen MR) is 97.4 cm³/mol. The number of aryl methyl sites for hydroxylation is 1. The quantitative estimate of drug-likeness (QED) is 0.788. The van der Waals surface area contributed by atoms with E-state index in [2.05, 4.69) is 43.2 Å². The number of nitrogens with zero attached hydrogens (tertiary/aromatic N) is 2. The second-order valence-electron chi connectivity index (χ2n) is 7.25. The van der Waals surface area contributed by atoms with Crippen molar-refractivity contribution in [1.29, 1.82) is 0 Å². The summed E-state index contributed by atoms with van der Waals surface area (Å²) in [7, 11) is 0. The highest BCUT2D eigenvalue weighted by atomic mass is 16.1. The van der Waals surface area contributed by atoms with Crippen molar-refractivity contribution < 1.29 is 4.79 Å². The van der Waals surface area contributed by atoms with Gasteiger partial charge in [0, 0.05) is 18.1 Å². The number of carbonyl (C=O) groups is 1. The van der Waals surface area contributed by atoms with Crippen molar-refractivity contribution in [2.24, 2.45) is 0 Å². The molecule has 0 saturated heterocycles. The lowest BCUT2D eigenvalue weighted by Gasteiger charge is -2.19. The Hall–Kier alpha value is -2.62. The molecule has 0 spiro atoms. The van der Waals surface area contributed by atoms with E-state index in [4.69, 9.17) is 0 Å². The van der Waals surface area contributed by atoms with E-state index in [9.17, 15) is 4.79 Å². The molecule has 0 bridgehead atoms.